The quantitative estimate of drug-likeness (QED) is 0.168. The van der Waals surface area contributed by atoms with E-state index >= 15 is 0 Å². The standard InChI is InChI=1S/C54H35N3/c1-4-15-36(16-5-1)37-17-14-18-38(31-37)39-27-29-45-47-34-54-48(35-53(47)56(52(45)32-39)41-21-8-3-9-22-41)46-33-42(28-30-51(46)55(54)40-19-6-2-7-20-40)57-49-25-12-10-23-43(49)44-24-11-13-26-50(44)57/h1-35H. The zero-order valence-electron chi connectivity index (χ0n) is 31.0. The van der Waals surface area contributed by atoms with E-state index in [-0.39, 0.29) is 0 Å². The molecule has 3 nitrogen and oxygen atoms in total. The Labute approximate surface area is 329 Å². The first kappa shape index (κ1) is 31.7. The minimum absolute atomic E-state index is 1.14. The van der Waals surface area contributed by atoms with Crippen molar-refractivity contribution in [2.24, 2.45) is 0 Å². The smallest absolute Gasteiger partial charge is 0.0548 e. The van der Waals surface area contributed by atoms with Crippen LogP contribution >= 0.6 is 0 Å². The molecule has 0 spiro atoms. The predicted octanol–water partition coefficient (Wildman–Crippen LogP) is 14.3. The van der Waals surface area contributed by atoms with Crippen LogP contribution in [0.25, 0.3) is 105 Å². The molecule has 12 aromatic rings. The molecule has 3 heteroatoms. The van der Waals surface area contributed by atoms with Crippen LogP contribution in [0, 0.1) is 0 Å². The summed E-state index contributed by atoms with van der Waals surface area (Å²) in [5.41, 5.74) is 15.4. The molecule has 3 aromatic heterocycles. The van der Waals surface area contributed by atoms with Gasteiger partial charge in [-0.15, -0.1) is 0 Å². The van der Waals surface area contributed by atoms with E-state index in [2.05, 4.69) is 226 Å². The summed E-state index contributed by atoms with van der Waals surface area (Å²) in [7, 11) is 0. The van der Waals surface area contributed by atoms with Gasteiger partial charge in [-0.05, 0) is 101 Å². The summed E-state index contributed by atoms with van der Waals surface area (Å²) in [6, 6.07) is 77.5. The molecule has 0 amide bonds. The molecule has 0 saturated carbocycles. The highest BCUT2D eigenvalue weighted by Crippen LogP contribution is 2.42. The Bertz CT molecular complexity index is 3440. The largest absolute Gasteiger partial charge is 0.309 e. The van der Waals surface area contributed by atoms with E-state index in [0.29, 0.717) is 0 Å². The molecule has 3 heterocycles. The summed E-state index contributed by atoms with van der Waals surface area (Å²) in [4.78, 5) is 0. The third-order valence-electron chi connectivity index (χ3n) is 11.8. The summed E-state index contributed by atoms with van der Waals surface area (Å²) in [6.45, 7) is 0. The number of para-hydroxylation sites is 4. The molecule has 12 rings (SSSR count). The molecule has 0 atom stereocenters. The Hall–Kier alpha value is -7.62. The fourth-order valence-electron chi connectivity index (χ4n) is 9.26. The van der Waals surface area contributed by atoms with Gasteiger partial charge in [0.05, 0.1) is 33.1 Å². The van der Waals surface area contributed by atoms with Crippen LogP contribution in [-0.2, 0) is 0 Å². The predicted molar refractivity (Wildman–Crippen MR) is 240 cm³/mol. The maximum Gasteiger partial charge on any atom is 0.0548 e. The zero-order chi connectivity index (χ0) is 37.5. The average Bonchev–Trinajstić information content (AvgIpc) is 3.91. The Kier molecular flexibility index (Phi) is 6.93. The molecule has 0 fully saturated rings. The van der Waals surface area contributed by atoms with Gasteiger partial charge in [0, 0.05) is 49.4 Å². The van der Waals surface area contributed by atoms with Crippen molar-refractivity contribution in [2.75, 3.05) is 0 Å². The lowest BCUT2D eigenvalue weighted by Crippen LogP contribution is -1.95. The Balaban J connectivity index is 1.15. The molecule has 0 N–H and O–H groups in total. The zero-order valence-corrected chi connectivity index (χ0v) is 31.0. The van der Waals surface area contributed by atoms with Crippen molar-refractivity contribution < 1.29 is 0 Å². The van der Waals surface area contributed by atoms with Gasteiger partial charge < -0.3 is 13.7 Å². The molecule has 266 valence electrons. The van der Waals surface area contributed by atoms with Gasteiger partial charge >= 0.3 is 0 Å². The topological polar surface area (TPSA) is 14.8 Å². The number of hydrogen-bond acceptors (Lipinski definition) is 0. The van der Waals surface area contributed by atoms with Crippen molar-refractivity contribution in [3.63, 3.8) is 0 Å². The fourth-order valence-corrected chi connectivity index (χ4v) is 9.26. The second kappa shape index (κ2) is 12.5. The number of nitrogens with zero attached hydrogens (tertiary/aromatic N) is 3. The second-order valence-corrected chi connectivity index (χ2v) is 15.0. The SMILES string of the molecule is c1ccc(-c2cccc(-c3ccc4c5cc6c(cc5n(-c5ccccc5)c4c3)c3cc(-n4c5ccccc5c5ccccc54)ccc3n6-c3ccccc3)c2)cc1. The second-order valence-electron chi connectivity index (χ2n) is 15.0. The van der Waals surface area contributed by atoms with Crippen molar-refractivity contribution in [3.8, 4) is 39.3 Å². The van der Waals surface area contributed by atoms with Crippen molar-refractivity contribution in [3.05, 3.63) is 212 Å². The summed E-state index contributed by atoms with van der Waals surface area (Å²) in [5, 5.41) is 7.43. The van der Waals surface area contributed by atoms with E-state index < -0.39 is 0 Å². The van der Waals surface area contributed by atoms with E-state index in [4.69, 9.17) is 0 Å². The third-order valence-corrected chi connectivity index (χ3v) is 11.8. The monoisotopic (exact) mass is 725 g/mol. The maximum atomic E-state index is 2.46. The van der Waals surface area contributed by atoms with Crippen molar-refractivity contribution in [2.45, 2.75) is 0 Å². The van der Waals surface area contributed by atoms with E-state index in [0.717, 1.165) is 17.1 Å². The molecular weight excluding hydrogens is 691 g/mol. The first-order chi connectivity index (χ1) is 28.3. The lowest BCUT2D eigenvalue weighted by molar-refractivity contribution is 1.16. The van der Waals surface area contributed by atoms with Gasteiger partial charge in [-0.1, -0.05) is 133 Å². The lowest BCUT2D eigenvalue weighted by Gasteiger charge is -2.10. The molecule has 57 heavy (non-hydrogen) atoms. The van der Waals surface area contributed by atoms with Gasteiger partial charge in [-0.3, -0.25) is 0 Å². The van der Waals surface area contributed by atoms with Crippen LogP contribution in [0.2, 0.25) is 0 Å². The van der Waals surface area contributed by atoms with Crippen LogP contribution in [0.4, 0.5) is 0 Å². The molecule has 0 saturated heterocycles. The van der Waals surface area contributed by atoms with Crippen molar-refractivity contribution >= 4 is 65.4 Å². The molecule has 0 aliphatic rings. The summed E-state index contributed by atoms with van der Waals surface area (Å²) < 4.78 is 7.32. The molecular formula is C54H35N3. The Morgan fingerprint density at radius 2 is 0.614 bits per heavy atom. The van der Waals surface area contributed by atoms with E-state index in [9.17, 15) is 0 Å². The van der Waals surface area contributed by atoms with Gasteiger partial charge in [-0.25, -0.2) is 0 Å². The van der Waals surface area contributed by atoms with Crippen molar-refractivity contribution in [1.82, 2.24) is 13.7 Å². The molecule has 0 unspecified atom stereocenters. The van der Waals surface area contributed by atoms with Crippen LogP contribution in [0.3, 0.4) is 0 Å². The van der Waals surface area contributed by atoms with Crippen molar-refractivity contribution in [1.29, 1.82) is 0 Å². The first-order valence-corrected chi connectivity index (χ1v) is 19.6. The minimum atomic E-state index is 1.14. The number of hydrogen-bond donors (Lipinski definition) is 0. The highest BCUT2D eigenvalue weighted by molar-refractivity contribution is 6.20. The number of aromatic nitrogens is 3. The van der Waals surface area contributed by atoms with Crippen LogP contribution < -0.4 is 0 Å². The molecule has 0 radical (unpaired) electrons. The fraction of sp³-hybridized carbons (Fsp3) is 0. The van der Waals surface area contributed by atoms with E-state index in [1.807, 2.05) is 0 Å². The molecule has 9 aromatic carbocycles. The van der Waals surface area contributed by atoms with E-state index in [1.54, 1.807) is 0 Å². The number of rotatable bonds is 5. The average molecular weight is 726 g/mol. The van der Waals surface area contributed by atoms with Crippen LogP contribution in [0.5, 0.6) is 0 Å². The minimum Gasteiger partial charge on any atom is -0.309 e. The molecule has 0 bridgehead atoms. The van der Waals surface area contributed by atoms with E-state index in [1.165, 1.54) is 87.7 Å². The number of benzene rings is 9. The van der Waals surface area contributed by atoms with Gasteiger partial charge in [0.25, 0.3) is 0 Å². The van der Waals surface area contributed by atoms with Crippen LogP contribution in [-0.4, -0.2) is 13.7 Å². The summed E-state index contributed by atoms with van der Waals surface area (Å²) in [5.74, 6) is 0. The normalized spacial score (nSPS) is 11.9. The third kappa shape index (κ3) is 4.86. The van der Waals surface area contributed by atoms with Crippen LogP contribution in [0.1, 0.15) is 0 Å². The Morgan fingerprint density at radius 1 is 0.193 bits per heavy atom. The van der Waals surface area contributed by atoms with Gasteiger partial charge in [0.2, 0.25) is 0 Å². The summed E-state index contributed by atoms with van der Waals surface area (Å²) >= 11 is 0. The summed E-state index contributed by atoms with van der Waals surface area (Å²) in [6.07, 6.45) is 0. The maximum absolute atomic E-state index is 2.46. The van der Waals surface area contributed by atoms with Gasteiger partial charge in [0.15, 0.2) is 0 Å². The highest BCUT2D eigenvalue weighted by Gasteiger charge is 2.21. The highest BCUT2D eigenvalue weighted by atomic mass is 15.0. The molecule has 0 aliphatic carbocycles. The van der Waals surface area contributed by atoms with Gasteiger partial charge in [-0.2, -0.15) is 0 Å². The van der Waals surface area contributed by atoms with Crippen LogP contribution in [0.15, 0.2) is 212 Å². The Morgan fingerprint density at radius 3 is 1.26 bits per heavy atom. The number of fused-ring (bicyclic) bond motifs is 9. The lowest BCUT2D eigenvalue weighted by atomic mass is 9.98. The first-order valence-electron chi connectivity index (χ1n) is 19.6. The van der Waals surface area contributed by atoms with Gasteiger partial charge in [0.1, 0.15) is 0 Å². The molecule has 0 aliphatic heterocycles.